The predicted molar refractivity (Wildman–Crippen MR) is 118 cm³/mol. The Morgan fingerprint density at radius 2 is 1.56 bits per heavy atom. The number of carbonyl (C=O) groups is 2. The van der Waals surface area contributed by atoms with Gasteiger partial charge in [0, 0.05) is 17.5 Å². The fourth-order valence-electron chi connectivity index (χ4n) is 4.54. The minimum Gasteiger partial charge on any atom is -0.488 e. The summed E-state index contributed by atoms with van der Waals surface area (Å²) in [7, 11) is 1.24. The van der Waals surface area contributed by atoms with Crippen LogP contribution in [0, 0.1) is 5.41 Å². The maximum Gasteiger partial charge on any atom is 0.453 e. The normalized spacial score (nSPS) is 16.7. The van der Waals surface area contributed by atoms with Crippen LogP contribution < -0.4 is 14.2 Å². The lowest BCUT2D eigenvalue weighted by Crippen LogP contribution is -2.44. The van der Waals surface area contributed by atoms with Crippen LogP contribution in [0.15, 0.2) is 30.3 Å². The van der Waals surface area contributed by atoms with Gasteiger partial charge in [-0.2, -0.15) is 0 Å². The van der Waals surface area contributed by atoms with Gasteiger partial charge < -0.3 is 49.6 Å². The monoisotopic (exact) mass is 506 g/mol. The van der Waals surface area contributed by atoms with Gasteiger partial charge in [-0.05, 0) is 42.5 Å². The Labute approximate surface area is 204 Å². The molecule has 0 aromatic heterocycles. The average molecular weight is 506 g/mol. The number of rotatable bonds is 9. The number of ether oxygens (including phenoxy) is 4. The van der Waals surface area contributed by atoms with Gasteiger partial charge in [-0.15, -0.1) is 0 Å². The molecule has 1 saturated carbocycles. The first kappa shape index (κ1) is 25.8. The number of esters is 1. The number of hydrogen-bond donors (Lipinski definition) is 6. The van der Waals surface area contributed by atoms with E-state index in [1.807, 2.05) is 0 Å². The van der Waals surface area contributed by atoms with Crippen LogP contribution in [0.1, 0.15) is 41.6 Å². The summed E-state index contributed by atoms with van der Waals surface area (Å²) in [5.74, 6) is -2.26. The summed E-state index contributed by atoms with van der Waals surface area (Å²) in [5.41, 5.74) is 0.924. The molecule has 194 valence electrons. The molecule has 0 saturated heterocycles. The Kier molecular flexibility index (Phi) is 6.68. The third kappa shape index (κ3) is 5.14. The van der Waals surface area contributed by atoms with Crippen molar-refractivity contribution in [2.24, 2.45) is 5.41 Å². The van der Waals surface area contributed by atoms with E-state index in [1.165, 1.54) is 13.2 Å². The number of Topliss-reactive ketones (excluding diaryl/α,β-unsaturated/α-hetero) is 1. The third-order valence-electron chi connectivity index (χ3n) is 6.35. The fraction of sp³-hybridized carbons (Fsp3) is 0.417. The summed E-state index contributed by atoms with van der Waals surface area (Å²) < 4.78 is 20.3. The largest absolute Gasteiger partial charge is 0.488 e. The van der Waals surface area contributed by atoms with Crippen LogP contribution in [0.25, 0.3) is 11.1 Å². The van der Waals surface area contributed by atoms with Gasteiger partial charge in [0.1, 0.15) is 12.0 Å². The van der Waals surface area contributed by atoms with E-state index in [2.05, 4.69) is 4.74 Å². The van der Waals surface area contributed by atoms with Crippen molar-refractivity contribution >= 4 is 11.8 Å². The number of methoxy groups -OCH3 is 1. The molecule has 12 heteroatoms. The van der Waals surface area contributed by atoms with Crippen LogP contribution >= 0.6 is 0 Å². The number of fused-ring (bicyclic) bond motifs is 1. The van der Waals surface area contributed by atoms with E-state index in [-0.39, 0.29) is 30.1 Å². The van der Waals surface area contributed by atoms with Crippen LogP contribution in [0.2, 0.25) is 0 Å². The van der Waals surface area contributed by atoms with Crippen molar-refractivity contribution in [2.45, 2.75) is 44.4 Å². The number of carbonyl (C=O) groups excluding carboxylic acids is 2. The molecule has 2 aliphatic carbocycles. The minimum absolute atomic E-state index is 0.0597. The molecule has 1 fully saturated rings. The Morgan fingerprint density at radius 1 is 0.889 bits per heavy atom. The van der Waals surface area contributed by atoms with Crippen LogP contribution in [0.5, 0.6) is 17.2 Å². The quantitative estimate of drug-likeness (QED) is 0.199. The van der Waals surface area contributed by atoms with Gasteiger partial charge in [-0.3, -0.25) is 9.59 Å². The summed E-state index contributed by atoms with van der Waals surface area (Å²) in [5, 5.41) is 56.7. The molecule has 0 amide bonds. The number of aliphatic hydroxyl groups is 6. The molecule has 6 N–H and O–H groups in total. The maximum absolute atomic E-state index is 12.4. The molecule has 12 nitrogen and oxygen atoms in total. The van der Waals surface area contributed by atoms with Crippen LogP contribution in [0.4, 0.5) is 0 Å². The Hall–Kier alpha value is -3.26. The summed E-state index contributed by atoms with van der Waals surface area (Å²) in [4.78, 5) is 24.7. The molecule has 0 unspecified atom stereocenters. The van der Waals surface area contributed by atoms with Crippen LogP contribution in [-0.4, -0.2) is 68.4 Å². The van der Waals surface area contributed by atoms with E-state index in [1.54, 1.807) is 18.2 Å². The van der Waals surface area contributed by atoms with Crippen molar-refractivity contribution in [3.8, 4) is 28.4 Å². The summed E-state index contributed by atoms with van der Waals surface area (Å²) in [6.07, 6.45) is -5.14. The zero-order valence-electron chi connectivity index (χ0n) is 19.3. The Bertz CT molecular complexity index is 1170. The van der Waals surface area contributed by atoms with Gasteiger partial charge in [-0.1, -0.05) is 24.6 Å². The van der Waals surface area contributed by atoms with E-state index < -0.39 is 35.2 Å². The summed E-state index contributed by atoms with van der Waals surface area (Å²) in [6, 6.07) is 7.48. The predicted octanol–water partition coefficient (Wildman–Crippen LogP) is 0.139. The molecular weight excluding hydrogens is 480 g/mol. The van der Waals surface area contributed by atoms with Crippen molar-refractivity contribution in [1.82, 2.24) is 0 Å². The molecular formula is C24H26O12. The molecule has 0 aliphatic heterocycles. The van der Waals surface area contributed by atoms with Crippen LogP contribution in [0.3, 0.4) is 0 Å². The first-order valence-electron chi connectivity index (χ1n) is 11.1. The smallest absolute Gasteiger partial charge is 0.453 e. The second kappa shape index (κ2) is 9.32. The molecule has 2 aromatic rings. The average Bonchev–Trinajstić information content (AvgIpc) is 3.14. The van der Waals surface area contributed by atoms with Crippen molar-refractivity contribution in [1.29, 1.82) is 0 Å². The van der Waals surface area contributed by atoms with Crippen molar-refractivity contribution in [2.75, 3.05) is 13.7 Å². The highest BCUT2D eigenvalue weighted by atomic mass is 16.9. The molecule has 0 heterocycles. The number of ketones is 1. The Balaban J connectivity index is 1.89. The van der Waals surface area contributed by atoms with E-state index in [4.69, 9.17) is 14.2 Å². The van der Waals surface area contributed by atoms with Crippen molar-refractivity contribution in [3.63, 3.8) is 0 Å². The summed E-state index contributed by atoms with van der Waals surface area (Å²) in [6.45, 7) is -0.252. The highest BCUT2D eigenvalue weighted by molar-refractivity contribution is 6.02. The zero-order valence-corrected chi connectivity index (χ0v) is 19.3. The van der Waals surface area contributed by atoms with Gasteiger partial charge in [0.25, 0.3) is 0 Å². The molecule has 2 aliphatic rings. The van der Waals surface area contributed by atoms with Gasteiger partial charge >= 0.3 is 18.3 Å². The molecule has 36 heavy (non-hydrogen) atoms. The van der Waals surface area contributed by atoms with E-state index in [0.717, 1.165) is 12.5 Å². The number of hydrogen-bond acceptors (Lipinski definition) is 12. The van der Waals surface area contributed by atoms with Crippen molar-refractivity contribution in [3.05, 3.63) is 41.5 Å². The van der Waals surface area contributed by atoms with E-state index in [9.17, 15) is 40.2 Å². The minimum atomic E-state index is -3.77. The SMILES string of the molecule is COC(=O)C1(COc2c(-c3cccc4c3CCC4=O)ccc(OC(O)(O)O)c2OC(O)(O)O)CCC1. The fourth-order valence-corrected chi connectivity index (χ4v) is 4.54. The topological polar surface area (TPSA) is 192 Å². The second-order valence-corrected chi connectivity index (χ2v) is 8.79. The molecule has 0 bridgehead atoms. The lowest BCUT2D eigenvalue weighted by atomic mass is 9.69. The second-order valence-electron chi connectivity index (χ2n) is 8.79. The van der Waals surface area contributed by atoms with Crippen molar-refractivity contribution < 1.29 is 59.2 Å². The highest BCUT2D eigenvalue weighted by Crippen LogP contribution is 2.50. The first-order chi connectivity index (χ1) is 16.8. The lowest BCUT2D eigenvalue weighted by Gasteiger charge is -2.38. The van der Waals surface area contributed by atoms with Gasteiger partial charge in [0.05, 0.1) is 7.11 Å². The standard InChI is InChI=1S/C24H26O12/c1-33-21(26)22(10-3-11-22)12-34-19-16(13-4-2-5-15-14(13)6-8-17(15)25)7-9-18(35-23(27,28)29)20(19)36-24(30,31)32/h2,4-5,7,9,27-32H,3,6,8,10-12H2,1H3. The zero-order chi connectivity index (χ0) is 26.3. The first-order valence-corrected chi connectivity index (χ1v) is 11.1. The van der Waals surface area contributed by atoms with Gasteiger partial charge in [-0.25, -0.2) is 0 Å². The molecule has 2 aromatic carbocycles. The van der Waals surface area contributed by atoms with Gasteiger partial charge in [0.15, 0.2) is 17.3 Å². The molecule has 0 atom stereocenters. The third-order valence-corrected chi connectivity index (χ3v) is 6.35. The van der Waals surface area contributed by atoms with E-state index in [0.29, 0.717) is 36.0 Å². The lowest BCUT2D eigenvalue weighted by molar-refractivity contribution is -0.428. The van der Waals surface area contributed by atoms with Gasteiger partial charge in [0.2, 0.25) is 5.75 Å². The highest BCUT2D eigenvalue weighted by Gasteiger charge is 2.47. The molecule has 0 spiro atoms. The maximum atomic E-state index is 12.4. The summed E-state index contributed by atoms with van der Waals surface area (Å²) >= 11 is 0. The molecule has 0 radical (unpaired) electrons. The van der Waals surface area contributed by atoms with Crippen LogP contribution in [-0.2, 0) is 16.0 Å². The Morgan fingerprint density at radius 3 is 2.14 bits per heavy atom. The van der Waals surface area contributed by atoms with E-state index >= 15 is 0 Å². The molecule has 4 rings (SSSR count). The number of benzene rings is 2.